The van der Waals surface area contributed by atoms with Crippen molar-refractivity contribution in [2.75, 3.05) is 37.9 Å². The third-order valence-corrected chi connectivity index (χ3v) is 8.11. The Hall–Kier alpha value is -2.94. The smallest absolute Gasteiger partial charge is 0.315 e. The Morgan fingerprint density at radius 3 is 2.55 bits per heavy atom. The van der Waals surface area contributed by atoms with Crippen molar-refractivity contribution in [1.82, 2.24) is 4.90 Å². The number of carbonyl (C=O) groups is 1. The number of nitrogens with zero attached hydrogens (tertiary/aromatic N) is 2. The lowest BCUT2D eigenvalue weighted by atomic mass is 9.71. The molecular weight excluding hydrogens is 442 g/mol. The van der Waals surface area contributed by atoms with Crippen molar-refractivity contribution in [3.8, 4) is 11.5 Å². The number of amides is 2. The quantitative estimate of drug-likeness (QED) is 0.695. The van der Waals surface area contributed by atoms with Crippen LogP contribution in [0.2, 0.25) is 0 Å². The second kappa shape index (κ2) is 8.78. The number of urea groups is 1. The van der Waals surface area contributed by atoms with Gasteiger partial charge in [-0.1, -0.05) is 24.3 Å². The molecule has 2 N–H and O–H groups in total. The van der Waals surface area contributed by atoms with Crippen LogP contribution in [0.3, 0.4) is 0 Å². The van der Waals surface area contributed by atoms with Gasteiger partial charge < -0.3 is 20.1 Å². The number of aryl methyl sites for hydroxylation is 1. The van der Waals surface area contributed by atoms with Gasteiger partial charge in [0.25, 0.3) is 0 Å². The van der Waals surface area contributed by atoms with E-state index in [-0.39, 0.29) is 11.5 Å². The lowest BCUT2D eigenvalue weighted by Crippen LogP contribution is -2.54. The maximum absolute atomic E-state index is 12.5. The number of rotatable bonds is 6. The predicted octanol–water partition coefficient (Wildman–Crippen LogP) is 2.90. The highest BCUT2D eigenvalue weighted by Gasteiger charge is 2.49. The highest BCUT2D eigenvalue weighted by atomic mass is 32.2. The molecule has 0 bridgehead atoms. The first-order valence-electron chi connectivity index (χ1n) is 11.0. The van der Waals surface area contributed by atoms with Gasteiger partial charge >= 0.3 is 6.03 Å². The Kier molecular flexibility index (Phi) is 6.18. The number of anilines is 1. The summed E-state index contributed by atoms with van der Waals surface area (Å²) >= 11 is 0. The number of benzene rings is 2. The molecule has 0 aliphatic carbocycles. The third-order valence-electron chi connectivity index (χ3n) is 6.99. The molecule has 2 aliphatic rings. The van der Waals surface area contributed by atoms with Gasteiger partial charge in [0.1, 0.15) is 0 Å². The van der Waals surface area contributed by atoms with Gasteiger partial charge in [-0.3, -0.25) is 4.31 Å². The fourth-order valence-electron chi connectivity index (χ4n) is 5.37. The topological polar surface area (TPSA) is 102 Å². The van der Waals surface area contributed by atoms with E-state index in [0.29, 0.717) is 43.9 Å². The summed E-state index contributed by atoms with van der Waals surface area (Å²) < 4.78 is 37.3. The molecule has 1 spiro atoms. The van der Waals surface area contributed by atoms with Crippen molar-refractivity contribution in [3.63, 3.8) is 0 Å². The molecule has 1 fully saturated rings. The normalized spacial score (nSPS) is 22.3. The van der Waals surface area contributed by atoms with Crippen LogP contribution in [0.25, 0.3) is 0 Å². The Bertz CT molecular complexity index is 1150. The highest BCUT2D eigenvalue weighted by Crippen LogP contribution is 2.49. The van der Waals surface area contributed by atoms with Crippen LogP contribution in [0.4, 0.5) is 10.5 Å². The number of fused-ring (bicyclic) bond motifs is 2. The summed E-state index contributed by atoms with van der Waals surface area (Å²) in [7, 11) is -0.202. The van der Waals surface area contributed by atoms with Crippen LogP contribution >= 0.6 is 0 Å². The molecule has 2 amide bonds. The number of primary amides is 1. The van der Waals surface area contributed by atoms with Gasteiger partial charge in [0.2, 0.25) is 10.0 Å². The van der Waals surface area contributed by atoms with Crippen LogP contribution in [-0.2, 0) is 21.9 Å². The van der Waals surface area contributed by atoms with Gasteiger partial charge in [-0.05, 0) is 55.0 Å². The molecule has 0 aromatic heterocycles. The van der Waals surface area contributed by atoms with Crippen molar-refractivity contribution in [1.29, 1.82) is 0 Å². The minimum atomic E-state index is -3.41. The molecule has 2 atom stereocenters. The average molecular weight is 474 g/mol. The zero-order chi connectivity index (χ0) is 23.8. The van der Waals surface area contributed by atoms with E-state index >= 15 is 0 Å². The number of piperidine rings is 1. The maximum Gasteiger partial charge on any atom is 0.315 e. The first-order valence-corrected chi connectivity index (χ1v) is 12.9. The van der Waals surface area contributed by atoms with Gasteiger partial charge in [-0.15, -0.1) is 0 Å². The molecule has 8 nitrogen and oxygen atoms in total. The monoisotopic (exact) mass is 473 g/mol. The average Bonchev–Trinajstić information content (AvgIpc) is 3.11. The van der Waals surface area contributed by atoms with Crippen LogP contribution in [-0.4, -0.2) is 59.0 Å². The molecule has 2 heterocycles. The van der Waals surface area contributed by atoms with Gasteiger partial charge in [0, 0.05) is 24.5 Å². The maximum atomic E-state index is 12.5. The second-order valence-corrected chi connectivity index (χ2v) is 10.8. The molecule has 2 aromatic rings. The fourth-order valence-corrected chi connectivity index (χ4v) is 6.36. The summed E-state index contributed by atoms with van der Waals surface area (Å²) in [6.45, 7) is 0.891. The number of methoxy groups -OCH3 is 2. The lowest BCUT2D eigenvalue weighted by Gasteiger charge is -2.45. The van der Waals surface area contributed by atoms with E-state index in [4.69, 9.17) is 15.2 Å². The van der Waals surface area contributed by atoms with E-state index in [0.717, 1.165) is 23.2 Å². The van der Waals surface area contributed by atoms with Crippen LogP contribution < -0.4 is 19.5 Å². The third kappa shape index (κ3) is 4.34. The molecule has 2 unspecified atom stereocenters. The van der Waals surface area contributed by atoms with Crippen LogP contribution in [0.5, 0.6) is 11.5 Å². The molecule has 33 heavy (non-hydrogen) atoms. The molecular formula is C24H31N3O5S. The summed E-state index contributed by atoms with van der Waals surface area (Å²) in [6.07, 6.45) is 4.01. The Morgan fingerprint density at radius 1 is 1.15 bits per heavy atom. The molecule has 2 aliphatic heterocycles. The standard InChI is InChI=1S/C24H31N3O5S/c1-31-21-11-9-17(14-22(21)32-2)8-10-18-15-24(12-13-26(18)23(25)28)16-27(33(3,29)30)20-7-5-4-6-19(20)24/h4-7,9,11,14,18H,8,10,12-13,15-16H2,1-3H3,(H2,25,28). The van der Waals surface area contributed by atoms with Crippen molar-refractivity contribution < 1.29 is 22.7 Å². The minimum Gasteiger partial charge on any atom is -0.493 e. The summed E-state index contributed by atoms with van der Waals surface area (Å²) in [5, 5.41) is 0. The summed E-state index contributed by atoms with van der Waals surface area (Å²) in [5.41, 5.74) is 8.24. The van der Waals surface area contributed by atoms with Gasteiger partial charge in [-0.25, -0.2) is 13.2 Å². The number of hydrogen-bond acceptors (Lipinski definition) is 5. The largest absolute Gasteiger partial charge is 0.493 e. The summed E-state index contributed by atoms with van der Waals surface area (Å²) in [5.74, 6) is 1.33. The zero-order valence-corrected chi connectivity index (χ0v) is 20.1. The summed E-state index contributed by atoms with van der Waals surface area (Å²) in [4.78, 5) is 14.0. The number of carbonyl (C=O) groups excluding carboxylic acids is 1. The fraction of sp³-hybridized carbons (Fsp3) is 0.458. The number of sulfonamides is 1. The molecule has 0 saturated carbocycles. The minimum absolute atomic E-state index is 0.100. The molecule has 1 saturated heterocycles. The van der Waals surface area contributed by atoms with E-state index in [1.165, 1.54) is 10.6 Å². The van der Waals surface area contributed by atoms with Gasteiger partial charge in [0.05, 0.1) is 26.2 Å². The van der Waals surface area contributed by atoms with E-state index in [1.54, 1.807) is 19.1 Å². The number of hydrogen-bond donors (Lipinski definition) is 1. The van der Waals surface area contributed by atoms with Crippen molar-refractivity contribution >= 4 is 21.7 Å². The molecule has 178 valence electrons. The molecule has 4 rings (SSSR count). The predicted molar refractivity (Wildman–Crippen MR) is 127 cm³/mol. The van der Waals surface area contributed by atoms with Crippen LogP contribution in [0.1, 0.15) is 30.4 Å². The van der Waals surface area contributed by atoms with Crippen LogP contribution in [0, 0.1) is 0 Å². The highest BCUT2D eigenvalue weighted by molar-refractivity contribution is 7.92. The SMILES string of the molecule is COc1ccc(CCC2CC3(CCN2C(N)=O)CN(S(C)(=O)=O)c2ccccc23)cc1OC. The number of nitrogens with two attached hydrogens (primary N) is 1. The number of likely N-dealkylation sites (tertiary alicyclic amines) is 1. The van der Waals surface area contributed by atoms with E-state index in [2.05, 4.69) is 0 Å². The zero-order valence-electron chi connectivity index (χ0n) is 19.3. The van der Waals surface area contributed by atoms with Gasteiger partial charge in [0.15, 0.2) is 11.5 Å². The summed E-state index contributed by atoms with van der Waals surface area (Å²) in [6, 6.07) is 13.0. The lowest BCUT2D eigenvalue weighted by molar-refractivity contribution is 0.117. The Labute approximate surface area is 195 Å². The first-order chi connectivity index (χ1) is 15.7. The number of para-hydroxylation sites is 1. The van der Waals surface area contributed by atoms with E-state index in [1.807, 2.05) is 42.5 Å². The first kappa shape index (κ1) is 23.2. The Morgan fingerprint density at radius 2 is 1.88 bits per heavy atom. The molecule has 2 aromatic carbocycles. The molecule has 9 heteroatoms. The van der Waals surface area contributed by atoms with E-state index in [9.17, 15) is 13.2 Å². The van der Waals surface area contributed by atoms with Crippen molar-refractivity contribution in [3.05, 3.63) is 53.6 Å². The van der Waals surface area contributed by atoms with Crippen molar-refractivity contribution in [2.45, 2.75) is 37.1 Å². The second-order valence-electron chi connectivity index (χ2n) is 8.93. The van der Waals surface area contributed by atoms with Crippen molar-refractivity contribution in [2.24, 2.45) is 5.73 Å². The number of ether oxygens (including phenoxy) is 2. The van der Waals surface area contributed by atoms with Crippen LogP contribution in [0.15, 0.2) is 42.5 Å². The molecule has 0 radical (unpaired) electrons. The van der Waals surface area contributed by atoms with Gasteiger partial charge in [-0.2, -0.15) is 0 Å². The Balaban J connectivity index is 1.61. The van der Waals surface area contributed by atoms with E-state index < -0.39 is 16.1 Å².